The van der Waals surface area contributed by atoms with Crippen molar-refractivity contribution in [2.45, 2.75) is 32.6 Å². The lowest BCUT2D eigenvalue weighted by atomic mass is 9.96. The van der Waals surface area contributed by atoms with Gasteiger partial charge < -0.3 is 15.5 Å². The van der Waals surface area contributed by atoms with Crippen LogP contribution >= 0.6 is 0 Å². The number of amides is 2. The summed E-state index contributed by atoms with van der Waals surface area (Å²) in [6.07, 6.45) is 3.54. The molecule has 0 atom stereocenters. The summed E-state index contributed by atoms with van der Waals surface area (Å²) in [5.74, 6) is 0.819. The number of carbonyl (C=O) groups excluding carboxylic acids is 2. The Hall–Kier alpha value is -1.10. The Kier molecular flexibility index (Phi) is 6.72. The largest absolute Gasteiger partial charge is 0.356 e. The van der Waals surface area contributed by atoms with Crippen LogP contribution in [0.4, 0.5) is 0 Å². The van der Waals surface area contributed by atoms with Crippen LogP contribution < -0.4 is 10.6 Å². The van der Waals surface area contributed by atoms with Crippen molar-refractivity contribution < 1.29 is 9.59 Å². The Morgan fingerprint density at radius 1 is 1.28 bits per heavy atom. The monoisotopic (exact) mass is 255 g/mol. The lowest BCUT2D eigenvalue weighted by molar-refractivity contribution is -0.132. The molecule has 104 valence electrons. The smallest absolute Gasteiger partial charge is 0.222 e. The van der Waals surface area contributed by atoms with Crippen molar-refractivity contribution >= 4 is 11.8 Å². The highest BCUT2D eigenvalue weighted by atomic mass is 16.2. The Morgan fingerprint density at radius 3 is 2.50 bits per heavy atom. The van der Waals surface area contributed by atoms with E-state index >= 15 is 0 Å². The fraction of sp³-hybridized carbons (Fsp3) is 0.846. The molecule has 0 aromatic carbocycles. The topological polar surface area (TPSA) is 61.4 Å². The minimum absolute atomic E-state index is 0.0283. The summed E-state index contributed by atoms with van der Waals surface area (Å²) >= 11 is 0. The first-order valence-corrected chi connectivity index (χ1v) is 6.80. The van der Waals surface area contributed by atoms with Gasteiger partial charge in [0.05, 0.1) is 0 Å². The molecule has 18 heavy (non-hydrogen) atoms. The molecule has 2 N–H and O–H groups in total. The van der Waals surface area contributed by atoms with Crippen LogP contribution in [0.2, 0.25) is 0 Å². The lowest BCUT2D eigenvalue weighted by Crippen LogP contribution is -2.41. The maximum atomic E-state index is 11.9. The number of hydrogen-bond acceptors (Lipinski definition) is 3. The maximum absolute atomic E-state index is 11.9. The van der Waals surface area contributed by atoms with Crippen LogP contribution in [0.3, 0.4) is 0 Å². The molecule has 0 aromatic heterocycles. The maximum Gasteiger partial charge on any atom is 0.222 e. The summed E-state index contributed by atoms with van der Waals surface area (Å²) in [6.45, 7) is 4.85. The molecule has 1 aliphatic heterocycles. The third kappa shape index (κ3) is 5.49. The summed E-state index contributed by atoms with van der Waals surface area (Å²) in [6, 6.07) is 0. The molecule has 0 bridgehead atoms. The summed E-state index contributed by atoms with van der Waals surface area (Å²) in [4.78, 5) is 24.7. The molecular weight excluding hydrogens is 230 g/mol. The van der Waals surface area contributed by atoms with Gasteiger partial charge in [-0.25, -0.2) is 0 Å². The molecule has 1 fully saturated rings. The van der Waals surface area contributed by atoms with Gasteiger partial charge in [-0.15, -0.1) is 0 Å². The number of rotatable bonds is 6. The number of piperidine rings is 1. The van der Waals surface area contributed by atoms with E-state index in [1.165, 1.54) is 0 Å². The first kappa shape index (κ1) is 15.0. The zero-order valence-electron chi connectivity index (χ0n) is 11.5. The normalized spacial score (nSPS) is 16.7. The number of likely N-dealkylation sites (tertiary alicyclic amines) is 1. The minimum atomic E-state index is 0.0283. The Morgan fingerprint density at radius 2 is 1.94 bits per heavy atom. The predicted molar refractivity (Wildman–Crippen MR) is 71.1 cm³/mol. The van der Waals surface area contributed by atoms with Crippen LogP contribution in [-0.2, 0) is 9.59 Å². The summed E-state index contributed by atoms with van der Waals surface area (Å²) in [5.41, 5.74) is 0. The fourth-order valence-electron chi connectivity index (χ4n) is 2.25. The third-order valence-electron chi connectivity index (χ3n) is 3.42. The summed E-state index contributed by atoms with van der Waals surface area (Å²) in [7, 11) is 1.90. The van der Waals surface area contributed by atoms with E-state index in [0.29, 0.717) is 12.3 Å². The molecule has 0 saturated carbocycles. The number of nitrogens with one attached hydrogen (secondary N) is 2. The van der Waals surface area contributed by atoms with Crippen LogP contribution in [-0.4, -0.2) is 49.9 Å². The zero-order chi connectivity index (χ0) is 13.4. The Labute approximate surface area is 109 Å². The van der Waals surface area contributed by atoms with Crippen LogP contribution in [0, 0.1) is 5.92 Å². The Balaban J connectivity index is 2.17. The fourth-order valence-corrected chi connectivity index (χ4v) is 2.25. The van der Waals surface area contributed by atoms with Crippen molar-refractivity contribution in [3.8, 4) is 0 Å². The molecule has 0 aliphatic carbocycles. The third-order valence-corrected chi connectivity index (χ3v) is 3.42. The minimum Gasteiger partial charge on any atom is -0.356 e. The second-order valence-electron chi connectivity index (χ2n) is 4.97. The zero-order valence-corrected chi connectivity index (χ0v) is 11.5. The molecular formula is C13H25N3O2. The predicted octanol–water partition coefficient (Wildman–Crippen LogP) is 0.361. The van der Waals surface area contributed by atoms with E-state index in [9.17, 15) is 9.59 Å². The molecule has 5 nitrogen and oxygen atoms in total. The highest BCUT2D eigenvalue weighted by molar-refractivity contribution is 5.76. The van der Waals surface area contributed by atoms with Crippen molar-refractivity contribution in [3.05, 3.63) is 0 Å². The van der Waals surface area contributed by atoms with Crippen LogP contribution in [0.5, 0.6) is 0 Å². The molecule has 1 heterocycles. The van der Waals surface area contributed by atoms with Gasteiger partial charge >= 0.3 is 0 Å². The second kappa shape index (κ2) is 8.08. The molecule has 0 spiro atoms. The quantitative estimate of drug-likeness (QED) is 0.674. The molecule has 0 radical (unpaired) electrons. The standard InChI is InChI=1S/C13H25N3O2/c1-11(17)15-10-12-5-8-16(9-6-12)13(18)4-3-7-14-2/h12,14H,3-10H2,1-2H3,(H,15,17). The Bertz CT molecular complexity index is 273. The van der Waals surface area contributed by atoms with Gasteiger partial charge in [0.15, 0.2) is 0 Å². The first-order valence-electron chi connectivity index (χ1n) is 6.80. The summed E-state index contributed by atoms with van der Waals surface area (Å²) in [5, 5.41) is 5.90. The molecule has 0 unspecified atom stereocenters. The van der Waals surface area contributed by atoms with Gasteiger partial charge in [0.1, 0.15) is 0 Å². The van der Waals surface area contributed by atoms with Crippen molar-refractivity contribution in [1.29, 1.82) is 0 Å². The van der Waals surface area contributed by atoms with E-state index < -0.39 is 0 Å². The number of nitrogens with zero attached hydrogens (tertiary/aromatic N) is 1. The van der Waals surface area contributed by atoms with Gasteiger partial charge in [0.25, 0.3) is 0 Å². The van der Waals surface area contributed by atoms with E-state index in [0.717, 1.165) is 45.4 Å². The van der Waals surface area contributed by atoms with E-state index in [-0.39, 0.29) is 11.8 Å². The number of hydrogen-bond donors (Lipinski definition) is 2. The van der Waals surface area contributed by atoms with E-state index in [2.05, 4.69) is 10.6 Å². The van der Waals surface area contributed by atoms with E-state index in [4.69, 9.17) is 0 Å². The highest BCUT2D eigenvalue weighted by Gasteiger charge is 2.22. The van der Waals surface area contributed by atoms with E-state index in [1.807, 2.05) is 11.9 Å². The van der Waals surface area contributed by atoms with Crippen LogP contribution in [0.1, 0.15) is 32.6 Å². The van der Waals surface area contributed by atoms with Gasteiger partial charge in [-0.3, -0.25) is 9.59 Å². The van der Waals surface area contributed by atoms with Crippen molar-refractivity contribution in [1.82, 2.24) is 15.5 Å². The average molecular weight is 255 g/mol. The molecule has 0 aromatic rings. The van der Waals surface area contributed by atoms with Crippen molar-refractivity contribution in [2.75, 3.05) is 33.2 Å². The highest BCUT2D eigenvalue weighted by Crippen LogP contribution is 2.17. The molecule has 1 aliphatic rings. The second-order valence-corrected chi connectivity index (χ2v) is 4.97. The van der Waals surface area contributed by atoms with Crippen molar-refractivity contribution in [3.63, 3.8) is 0 Å². The van der Waals surface area contributed by atoms with Crippen LogP contribution in [0.15, 0.2) is 0 Å². The first-order chi connectivity index (χ1) is 8.63. The molecule has 1 saturated heterocycles. The summed E-state index contributed by atoms with van der Waals surface area (Å²) < 4.78 is 0. The van der Waals surface area contributed by atoms with Crippen LogP contribution in [0.25, 0.3) is 0 Å². The van der Waals surface area contributed by atoms with E-state index in [1.54, 1.807) is 6.92 Å². The molecule has 5 heteroatoms. The lowest BCUT2D eigenvalue weighted by Gasteiger charge is -2.32. The van der Waals surface area contributed by atoms with Gasteiger partial charge in [0, 0.05) is 33.0 Å². The number of carbonyl (C=O) groups is 2. The molecule has 2 amide bonds. The molecule has 1 rings (SSSR count). The van der Waals surface area contributed by atoms with Gasteiger partial charge in [-0.05, 0) is 38.8 Å². The van der Waals surface area contributed by atoms with Crippen molar-refractivity contribution in [2.24, 2.45) is 5.92 Å². The van der Waals surface area contributed by atoms with Gasteiger partial charge in [-0.1, -0.05) is 0 Å². The average Bonchev–Trinajstić information content (AvgIpc) is 2.37. The SMILES string of the molecule is CNCCCC(=O)N1CCC(CNC(C)=O)CC1. The van der Waals surface area contributed by atoms with Gasteiger partial charge in [0.2, 0.25) is 11.8 Å². The van der Waals surface area contributed by atoms with Gasteiger partial charge in [-0.2, -0.15) is 0 Å².